The molecule has 0 aliphatic carbocycles. The Morgan fingerprint density at radius 3 is 2.14 bits per heavy atom. The van der Waals surface area contributed by atoms with Gasteiger partial charge in [-0.15, -0.1) is 0 Å². The number of amides is 1. The monoisotopic (exact) mass is 297 g/mol. The van der Waals surface area contributed by atoms with Gasteiger partial charge in [0.25, 0.3) is 5.91 Å². The second-order valence-electron chi connectivity index (χ2n) is 4.91. The second-order valence-corrected chi connectivity index (χ2v) is 4.91. The van der Waals surface area contributed by atoms with Crippen molar-refractivity contribution >= 4 is 11.9 Å². The fraction of sp³-hybridized carbons (Fsp3) is 0.222. The normalized spacial score (nSPS) is 10.1. The van der Waals surface area contributed by atoms with Gasteiger partial charge in [-0.3, -0.25) is 9.59 Å². The minimum Gasteiger partial charge on any atom is -0.465 e. The second kappa shape index (κ2) is 7.41. The van der Waals surface area contributed by atoms with Crippen LogP contribution in [0.1, 0.15) is 17.3 Å². The van der Waals surface area contributed by atoms with Crippen LogP contribution in [0.5, 0.6) is 0 Å². The maximum Gasteiger partial charge on any atom is 0.325 e. The first-order valence-corrected chi connectivity index (χ1v) is 7.18. The lowest BCUT2D eigenvalue weighted by atomic mass is 10.0. The fourth-order valence-corrected chi connectivity index (χ4v) is 2.13. The van der Waals surface area contributed by atoms with Crippen molar-refractivity contribution in [2.45, 2.75) is 6.92 Å². The van der Waals surface area contributed by atoms with Crippen LogP contribution in [0.3, 0.4) is 0 Å². The molecule has 0 aliphatic heterocycles. The standard InChI is InChI=1S/C18H19NO3/c1-3-22-17(20)13-19(2)18(21)16-11-9-15(10-12-16)14-7-5-4-6-8-14/h4-12H,3,13H2,1-2H3. The molecule has 0 spiro atoms. The molecular formula is C18H19NO3. The summed E-state index contributed by atoms with van der Waals surface area (Å²) in [6.07, 6.45) is 0. The summed E-state index contributed by atoms with van der Waals surface area (Å²) in [5, 5.41) is 0. The summed E-state index contributed by atoms with van der Waals surface area (Å²) < 4.78 is 4.84. The summed E-state index contributed by atoms with van der Waals surface area (Å²) in [7, 11) is 1.59. The zero-order chi connectivity index (χ0) is 15.9. The molecule has 0 bridgehead atoms. The predicted molar refractivity (Wildman–Crippen MR) is 85.5 cm³/mol. The molecule has 0 saturated heterocycles. The summed E-state index contributed by atoms with van der Waals surface area (Å²) in [5.41, 5.74) is 2.69. The van der Waals surface area contributed by atoms with Gasteiger partial charge < -0.3 is 9.64 Å². The molecule has 2 rings (SSSR count). The van der Waals surface area contributed by atoms with Gasteiger partial charge in [-0.2, -0.15) is 0 Å². The van der Waals surface area contributed by atoms with E-state index in [2.05, 4.69) is 0 Å². The van der Waals surface area contributed by atoms with Crippen molar-refractivity contribution in [3.63, 3.8) is 0 Å². The van der Waals surface area contributed by atoms with Gasteiger partial charge in [0.05, 0.1) is 6.61 Å². The van der Waals surface area contributed by atoms with E-state index in [4.69, 9.17) is 4.74 Å². The largest absolute Gasteiger partial charge is 0.465 e. The highest BCUT2D eigenvalue weighted by Crippen LogP contribution is 2.19. The first-order chi connectivity index (χ1) is 10.6. The summed E-state index contributed by atoms with van der Waals surface area (Å²) in [5.74, 6) is -0.605. The van der Waals surface area contributed by atoms with E-state index in [-0.39, 0.29) is 12.5 Å². The van der Waals surface area contributed by atoms with Gasteiger partial charge in [-0.1, -0.05) is 42.5 Å². The van der Waals surface area contributed by atoms with Crippen LogP contribution in [0.15, 0.2) is 54.6 Å². The first-order valence-electron chi connectivity index (χ1n) is 7.18. The molecule has 2 aromatic rings. The molecule has 0 saturated carbocycles. The highest BCUT2D eigenvalue weighted by atomic mass is 16.5. The van der Waals surface area contributed by atoms with Crippen molar-refractivity contribution in [1.82, 2.24) is 4.90 Å². The molecule has 0 radical (unpaired) electrons. The number of esters is 1. The first kappa shape index (κ1) is 15.8. The number of carbonyl (C=O) groups excluding carboxylic acids is 2. The summed E-state index contributed by atoms with van der Waals surface area (Å²) in [6, 6.07) is 17.3. The molecule has 1 amide bonds. The maximum atomic E-state index is 12.3. The number of likely N-dealkylation sites (N-methyl/N-ethyl adjacent to an activating group) is 1. The predicted octanol–water partition coefficient (Wildman–Crippen LogP) is 2.99. The van der Waals surface area contributed by atoms with Crippen molar-refractivity contribution in [3.8, 4) is 11.1 Å². The van der Waals surface area contributed by atoms with Crippen molar-refractivity contribution in [2.75, 3.05) is 20.2 Å². The third kappa shape index (κ3) is 3.95. The van der Waals surface area contributed by atoms with Gasteiger partial charge in [0.1, 0.15) is 6.54 Å². The molecule has 0 atom stereocenters. The summed E-state index contributed by atoms with van der Waals surface area (Å²) in [4.78, 5) is 25.0. The van der Waals surface area contributed by atoms with Crippen molar-refractivity contribution < 1.29 is 14.3 Å². The minimum absolute atomic E-state index is 0.0485. The number of hydrogen-bond acceptors (Lipinski definition) is 3. The van der Waals surface area contributed by atoms with Gasteiger partial charge in [-0.05, 0) is 30.2 Å². The molecule has 0 unspecified atom stereocenters. The quantitative estimate of drug-likeness (QED) is 0.797. The molecule has 114 valence electrons. The number of hydrogen-bond donors (Lipinski definition) is 0. The highest BCUT2D eigenvalue weighted by Gasteiger charge is 2.15. The van der Waals surface area contributed by atoms with Crippen LogP contribution in [0, 0.1) is 0 Å². The Morgan fingerprint density at radius 2 is 1.55 bits per heavy atom. The molecule has 0 aromatic heterocycles. The SMILES string of the molecule is CCOC(=O)CN(C)C(=O)c1ccc(-c2ccccc2)cc1. The summed E-state index contributed by atoms with van der Waals surface area (Å²) >= 11 is 0. The van der Waals surface area contributed by atoms with E-state index in [1.807, 2.05) is 42.5 Å². The van der Waals surface area contributed by atoms with Crippen molar-refractivity contribution in [3.05, 3.63) is 60.2 Å². The average Bonchev–Trinajstić information content (AvgIpc) is 2.55. The van der Waals surface area contributed by atoms with Crippen LogP contribution in [-0.4, -0.2) is 37.0 Å². The number of rotatable bonds is 5. The van der Waals surface area contributed by atoms with Crippen LogP contribution in [0.2, 0.25) is 0 Å². The topological polar surface area (TPSA) is 46.6 Å². The Labute approximate surface area is 130 Å². The number of nitrogens with zero attached hydrogens (tertiary/aromatic N) is 1. The lowest BCUT2D eigenvalue weighted by molar-refractivity contribution is -0.143. The molecule has 4 heteroatoms. The molecule has 0 fully saturated rings. The van der Waals surface area contributed by atoms with Gasteiger partial charge in [0.2, 0.25) is 0 Å². The van der Waals surface area contributed by atoms with E-state index in [1.165, 1.54) is 4.90 Å². The summed E-state index contributed by atoms with van der Waals surface area (Å²) in [6.45, 7) is 2.00. The minimum atomic E-state index is -0.403. The number of ether oxygens (including phenoxy) is 1. The zero-order valence-corrected chi connectivity index (χ0v) is 12.8. The van der Waals surface area contributed by atoms with Crippen LogP contribution in [0.4, 0.5) is 0 Å². The van der Waals surface area contributed by atoms with E-state index in [9.17, 15) is 9.59 Å². The van der Waals surface area contributed by atoms with Gasteiger partial charge in [0.15, 0.2) is 0 Å². The van der Waals surface area contributed by atoms with E-state index in [0.29, 0.717) is 12.2 Å². The highest BCUT2D eigenvalue weighted by molar-refractivity contribution is 5.96. The van der Waals surface area contributed by atoms with Gasteiger partial charge >= 0.3 is 5.97 Å². The molecular weight excluding hydrogens is 278 g/mol. The van der Waals surface area contributed by atoms with E-state index < -0.39 is 5.97 Å². The smallest absolute Gasteiger partial charge is 0.325 e. The Balaban J connectivity index is 2.06. The Bertz CT molecular complexity index is 635. The zero-order valence-electron chi connectivity index (χ0n) is 12.8. The van der Waals surface area contributed by atoms with E-state index in [1.54, 1.807) is 26.1 Å². The third-order valence-corrected chi connectivity index (χ3v) is 3.26. The Kier molecular flexibility index (Phi) is 5.31. The van der Waals surface area contributed by atoms with Crippen molar-refractivity contribution in [2.24, 2.45) is 0 Å². The van der Waals surface area contributed by atoms with Crippen LogP contribution < -0.4 is 0 Å². The molecule has 0 heterocycles. The maximum absolute atomic E-state index is 12.3. The lowest BCUT2D eigenvalue weighted by Crippen LogP contribution is -2.33. The van der Waals surface area contributed by atoms with Gasteiger partial charge in [-0.25, -0.2) is 0 Å². The third-order valence-electron chi connectivity index (χ3n) is 3.26. The average molecular weight is 297 g/mol. The molecule has 0 aliphatic rings. The number of benzene rings is 2. The fourth-order valence-electron chi connectivity index (χ4n) is 2.13. The Hall–Kier alpha value is -2.62. The van der Waals surface area contributed by atoms with Crippen LogP contribution in [-0.2, 0) is 9.53 Å². The molecule has 0 N–H and O–H groups in total. The lowest BCUT2D eigenvalue weighted by Gasteiger charge is -2.16. The van der Waals surface area contributed by atoms with Gasteiger partial charge in [0, 0.05) is 12.6 Å². The number of carbonyl (C=O) groups is 2. The van der Waals surface area contributed by atoms with Crippen LogP contribution in [0.25, 0.3) is 11.1 Å². The molecule has 2 aromatic carbocycles. The molecule has 4 nitrogen and oxygen atoms in total. The molecule has 22 heavy (non-hydrogen) atoms. The van der Waals surface area contributed by atoms with E-state index >= 15 is 0 Å². The Morgan fingerprint density at radius 1 is 0.955 bits per heavy atom. The van der Waals surface area contributed by atoms with Crippen LogP contribution >= 0.6 is 0 Å². The van der Waals surface area contributed by atoms with E-state index in [0.717, 1.165) is 11.1 Å². The van der Waals surface area contributed by atoms with Crippen molar-refractivity contribution in [1.29, 1.82) is 0 Å².